The van der Waals surface area contributed by atoms with Gasteiger partial charge in [-0.05, 0) is 51.9 Å². The molecule has 1 aliphatic carbocycles. The Morgan fingerprint density at radius 1 is 0.977 bits per heavy atom. The maximum Gasteiger partial charge on any atom is 0.416 e. The summed E-state index contributed by atoms with van der Waals surface area (Å²) in [5.74, 6) is -0.374. The molecule has 6 rings (SSSR count). The molecule has 2 heterocycles. The molecule has 0 bridgehead atoms. The van der Waals surface area contributed by atoms with Gasteiger partial charge in [0.15, 0.2) is 6.04 Å². The number of benzene rings is 3. The van der Waals surface area contributed by atoms with Gasteiger partial charge >= 0.3 is 12.1 Å². The van der Waals surface area contributed by atoms with E-state index in [1.807, 2.05) is 47.4 Å². The molecule has 4 aromatic rings. The van der Waals surface area contributed by atoms with Crippen molar-refractivity contribution in [3.8, 4) is 11.1 Å². The number of halogens is 4. The van der Waals surface area contributed by atoms with Gasteiger partial charge < -0.3 is 10.0 Å². The average molecular weight is 609 g/mol. The van der Waals surface area contributed by atoms with Crippen molar-refractivity contribution < 1.29 is 23.1 Å². The molecule has 1 atom stereocenters. The minimum atomic E-state index is -4.59. The lowest BCUT2D eigenvalue weighted by molar-refractivity contribution is -0.140. The molecule has 1 N–H and O–H groups in total. The van der Waals surface area contributed by atoms with Crippen molar-refractivity contribution in [1.82, 2.24) is 4.57 Å². The van der Waals surface area contributed by atoms with Gasteiger partial charge in [0.25, 0.3) is 5.56 Å². The third-order valence-corrected chi connectivity index (χ3v) is 9.36. The molecule has 0 saturated heterocycles. The van der Waals surface area contributed by atoms with Crippen molar-refractivity contribution in [3.05, 3.63) is 98.8 Å². The van der Waals surface area contributed by atoms with Crippen LogP contribution in [0.5, 0.6) is 0 Å². The highest BCUT2D eigenvalue weighted by Crippen LogP contribution is 2.44. The van der Waals surface area contributed by atoms with Crippen LogP contribution in [0.3, 0.4) is 0 Å². The Labute approximate surface area is 252 Å². The van der Waals surface area contributed by atoms with Gasteiger partial charge in [0.2, 0.25) is 0 Å². The third kappa shape index (κ3) is 5.65. The van der Waals surface area contributed by atoms with E-state index in [9.17, 15) is 27.9 Å². The number of anilines is 1. The van der Waals surface area contributed by atoms with Crippen LogP contribution in [-0.2, 0) is 17.4 Å². The second-order valence-corrected chi connectivity index (χ2v) is 12.0. The fourth-order valence-corrected chi connectivity index (χ4v) is 7.08. The Bertz CT molecular complexity index is 1740. The van der Waals surface area contributed by atoms with Crippen LogP contribution in [0.25, 0.3) is 21.9 Å². The number of fused-ring (bicyclic) bond motifs is 2. The highest BCUT2D eigenvalue weighted by Gasteiger charge is 2.39. The molecule has 0 amide bonds. The van der Waals surface area contributed by atoms with E-state index in [1.165, 1.54) is 17.1 Å². The van der Waals surface area contributed by atoms with E-state index >= 15 is 0 Å². The molecule has 1 aromatic heterocycles. The number of hydrogen-bond donors (Lipinski definition) is 1. The van der Waals surface area contributed by atoms with Gasteiger partial charge in [-0.1, -0.05) is 98.3 Å². The summed E-state index contributed by atoms with van der Waals surface area (Å²) in [5, 5.41) is 11.9. The standard InChI is InChI=1S/C34H32ClF3N2O3/c35-30-27(19-23-12-6-11-22-10-4-5-15-26(22)23)29(24-13-7-14-25(18-24)34(36,37)38)31-39(17-16-21-8-2-1-3-9-21)20-28(33(42)43)40(31)32(30)41/h4-7,10-15,18,21,28H,1-3,8-9,16-17,19-20H2,(H,42,43). The van der Waals surface area contributed by atoms with Gasteiger partial charge in [-0.2, -0.15) is 13.2 Å². The Kier molecular flexibility index (Phi) is 7.98. The fourth-order valence-electron chi connectivity index (χ4n) is 6.83. The van der Waals surface area contributed by atoms with Crippen LogP contribution in [0.4, 0.5) is 19.0 Å². The molecule has 3 aromatic carbocycles. The summed E-state index contributed by atoms with van der Waals surface area (Å²) in [5.41, 5.74) is 0.390. The number of hydrogen-bond acceptors (Lipinski definition) is 3. The highest BCUT2D eigenvalue weighted by molar-refractivity contribution is 6.32. The van der Waals surface area contributed by atoms with Gasteiger partial charge in [-0.3, -0.25) is 9.36 Å². The number of carboxylic acid groups (broad SMARTS) is 1. The van der Waals surface area contributed by atoms with Gasteiger partial charge in [0, 0.05) is 18.5 Å². The number of carbonyl (C=O) groups is 1. The molecule has 43 heavy (non-hydrogen) atoms. The van der Waals surface area contributed by atoms with E-state index in [1.54, 1.807) is 6.07 Å². The molecule has 1 unspecified atom stereocenters. The Balaban J connectivity index is 1.58. The zero-order valence-corrected chi connectivity index (χ0v) is 24.3. The number of nitrogens with zero attached hydrogens (tertiary/aromatic N) is 2. The molecule has 224 valence electrons. The fraction of sp³-hybridized carbons (Fsp3) is 0.353. The summed E-state index contributed by atoms with van der Waals surface area (Å²) in [6, 6.07) is 17.3. The van der Waals surface area contributed by atoms with Crippen molar-refractivity contribution >= 4 is 34.2 Å². The largest absolute Gasteiger partial charge is 0.480 e. The van der Waals surface area contributed by atoms with E-state index in [0.29, 0.717) is 29.4 Å². The number of alkyl halides is 3. The van der Waals surface area contributed by atoms with E-state index in [4.69, 9.17) is 11.6 Å². The summed E-state index contributed by atoms with van der Waals surface area (Å²) in [6.07, 6.45) is 2.10. The monoisotopic (exact) mass is 608 g/mol. The molecular weight excluding hydrogens is 577 g/mol. The maximum absolute atomic E-state index is 13.9. The van der Waals surface area contributed by atoms with Gasteiger partial charge in [0.05, 0.1) is 12.1 Å². The first kappa shape index (κ1) is 29.3. The van der Waals surface area contributed by atoms with Crippen molar-refractivity contribution in [2.45, 2.75) is 57.2 Å². The summed E-state index contributed by atoms with van der Waals surface area (Å²) < 4.78 is 43.0. The van der Waals surface area contributed by atoms with Crippen molar-refractivity contribution in [1.29, 1.82) is 0 Å². The first-order valence-electron chi connectivity index (χ1n) is 14.7. The molecular formula is C34H32ClF3N2O3. The van der Waals surface area contributed by atoms with Crippen LogP contribution in [0.1, 0.15) is 61.3 Å². The lowest BCUT2D eigenvalue weighted by Gasteiger charge is -2.28. The van der Waals surface area contributed by atoms with Crippen LogP contribution in [0.2, 0.25) is 5.02 Å². The summed E-state index contributed by atoms with van der Waals surface area (Å²) >= 11 is 6.81. The quantitative estimate of drug-likeness (QED) is 0.229. The predicted molar refractivity (Wildman–Crippen MR) is 163 cm³/mol. The SMILES string of the molecule is O=C(O)C1CN(CCC2CCCCC2)c2c(-c3cccc(C(F)(F)F)c3)c(Cc3cccc4ccccc34)c(Cl)c(=O)n21. The van der Waals surface area contributed by atoms with E-state index < -0.39 is 29.3 Å². The lowest BCUT2D eigenvalue weighted by Crippen LogP contribution is -2.29. The summed E-state index contributed by atoms with van der Waals surface area (Å²) in [6.45, 7) is 0.534. The summed E-state index contributed by atoms with van der Waals surface area (Å²) in [4.78, 5) is 28.2. The zero-order chi connectivity index (χ0) is 30.3. The normalized spacial score (nSPS) is 17.4. The molecule has 0 radical (unpaired) electrons. The molecule has 0 spiro atoms. The summed E-state index contributed by atoms with van der Waals surface area (Å²) in [7, 11) is 0. The smallest absolute Gasteiger partial charge is 0.416 e. The Morgan fingerprint density at radius 2 is 1.70 bits per heavy atom. The Morgan fingerprint density at radius 3 is 2.44 bits per heavy atom. The van der Waals surface area contributed by atoms with Gasteiger partial charge in [-0.25, -0.2) is 4.79 Å². The highest BCUT2D eigenvalue weighted by atomic mass is 35.5. The van der Waals surface area contributed by atoms with Crippen LogP contribution >= 0.6 is 11.6 Å². The number of carboxylic acids is 1. The first-order chi connectivity index (χ1) is 20.6. The molecule has 1 saturated carbocycles. The molecule has 1 fully saturated rings. The predicted octanol–water partition coefficient (Wildman–Crippen LogP) is 8.35. The zero-order valence-electron chi connectivity index (χ0n) is 23.5. The number of pyridine rings is 1. The van der Waals surface area contributed by atoms with E-state index in [0.717, 1.165) is 60.6 Å². The van der Waals surface area contributed by atoms with Crippen molar-refractivity contribution in [2.24, 2.45) is 5.92 Å². The van der Waals surface area contributed by atoms with Crippen LogP contribution in [0, 0.1) is 5.92 Å². The third-order valence-electron chi connectivity index (χ3n) is 8.97. The second kappa shape index (κ2) is 11.7. The van der Waals surface area contributed by atoms with E-state index in [2.05, 4.69) is 0 Å². The van der Waals surface area contributed by atoms with Gasteiger partial charge in [-0.15, -0.1) is 0 Å². The molecule has 1 aliphatic heterocycles. The molecule has 5 nitrogen and oxygen atoms in total. The topological polar surface area (TPSA) is 62.5 Å². The number of aliphatic carboxylic acids is 1. The molecule has 2 aliphatic rings. The van der Waals surface area contributed by atoms with Gasteiger partial charge in [0.1, 0.15) is 10.8 Å². The Hall–Kier alpha value is -3.78. The average Bonchev–Trinajstić information content (AvgIpc) is 3.39. The van der Waals surface area contributed by atoms with E-state index in [-0.39, 0.29) is 23.6 Å². The first-order valence-corrected chi connectivity index (χ1v) is 15.1. The van der Waals surface area contributed by atoms with Crippen molar-refractivity contribution in [2.75, 3.05) is 18.0 Å². The van der Waals surface area contributed by atoms with Crippen molar-refractivity contribution in [3.63, 3.8) is 0 Å². The van der Waals surface area contributed by atoms with Crippen LogP contribution < -0.4 is 10.5 Å². The van der Waals surface area contributed by atoms with Crippen LogP contribution in [-0.4, -0.2) is 28.7 Å². The number of aromatic nitrogens is 1. The lowest BCUT2D eigenvalue weighted by atomic mass is 9.87. The molecule has 9 heteroatoms. The minimum Gasteiger partial charge on any atom is -0.480 e. The second-order valence-electron chi connectivity index (χ2n) is 11.7. The van der Waals surface area contributed by atoms with Crippen LogP contribution in [0.15, 0.2) is 71.5 Å². The minimum absolute atomic E-state index is 0.0390. The maximum atomic E-state index is 13.9. The number of rotatable bonds is 7.